The Morgan fingerprint density at radius 2 is 0.552 bits per heavy atom. The summed E-state index contributed by atoms with van der Waals surface area (Å²) in [5.41, 5.74) is 0. The van der Waals surface area contributed by atoms with Crippen LogP contribution in [0, 0.1) is 0 Å². The second-order valence-corrected chi connectivity index (χ2v) is 123. The molecule has 0 radical (unpaired) electrons. The van der Waals surface area contributed by atoms with Crippen LogP contribution in [0.4, 0.5) is 0 Å². The molecule has 0 aromatic rings. The van der Waals surface area contributed by atoms with Crippen LogP contribution in [0.5, 0.6) is 0 Å². The third kappa shape index (κ3) is 7.02. The highest BCUT2D eigenvalue weighted by Gasteiger charge is 2.79. The largest absolute Gasteiger partial charge is 0.303 e. The molecule has 0 bridgehead atoms. The lowest BCUT2D eigenvalue weighted by Crippen LogP contribution is -2.81. The maximum Gasteiger partial charge on any atom is 0.282 e. The molecule has 2 nitrogen and oxygen atoms in total. The summed E-state index contributed by atoms with van der Waals surface area (Å²) < 4.78 is -1.70. The third-order valence-corrected chi connectivity index (χ3v) is 252. The molecule has 0 saturated carbocycles. The third-order valence-electron chi connectivity index (χ3n) is 4.42. The van der Waals surface area contributed by atoms with E-state index >= 15 is 0 Å². The first-order valence-electron chi connectivity index (χ1n) is 8.99. The van der Waals surface area contributed by atoms with E-state index in [2.05, 4.69) is 217 Å². The molecule has 0 aliphatic heterocycles. The average Bonchev–Trinajstić information content (AvgIpc) is 2.43. The maximum absolute atomic E-state index is 4.32. The van der Waals surface area contributed by atoms with Crippen LogP contribution in [-0.2, 0) is 0 Å². The van der Waals surface area contributed by atoms with Gasteiger partial charge in [0.15, 0.2) is 0 Å². The number of nitrogens with zero attached hydrogens (tertiary/aromatic N) is 2. The van der Waals surface area contributed by atoms with Crippen LogP contribution < -0.4 is 0 Å². The van der Waals surface area contributed by atoms with Crippen molar-refractivity contribution < 1.29 is 0 Å². The monoisotopic (exact) mass is 1130 g/mol. The average molecular weight is 1140 g/mol. The molecule has 0 aliphatic rings. The fraction of sp³-hybridized carbons (Fsp3) is 1.00. The summed E-state index contributed by atoms with van der Waals surface area (Å²) in [5.74, 6) is 0. The summed E-state index contributed by atoms with van der Waals surface area (Å²) in [4.78, 5) is -4.53. The van der Waals surface area contributed by atoms with Crippen molar-refractivity contribution in [1.82, 2.24) is 9.13 Å². The van der Waals surface area contributed by atoms with E-state index < -0.39 is 23.0 Å². The molecule has 29 heavy (non-hydrogen) atoms. The molecule has 0 spiro atoms. The van der Waals surface area contributed by atoms with E-state index in [0.29, 0.717) is 24.2 Å². The molecule has 0 aliphatic carbocycles. The molecule has 0 rings (SSSR count). The summed E-state index contributed by atoms with van der Waals surface area (Å²) in [6, 6.07) is 1.64. The molecule has 0 amide bonds. The zero-order valence-corrected chi connectivity index (χ0v) is 38.3. The van der Waals surface area contributed by atoms with Crippen LogP contribution in [0.15, 0.2) is 0 Å². The van der Waals surface area contributed by atoms with Crippen LogP contribution >= 0.6 is 153 Å². The summed E-state index contributed by atoms with van der Waals surface area (Å²) in [6.07, 6.45) is 0. The summed E-state index contributed by atoms with van der Waals surface area (Å²) in [7, 11) is 0. The molecular weight excluding hydrogens is 1110 g/mol. The number of hydrogen-bond acceptors (Lipinski definition) is 2. The van der Waals surface area contributed by atoms with Gasteiger partial charge in [0.1, 0.15) is 0 Å². The van der Waals surface area contributed by atoms with Crippen molar-refractivity contribution in [3.05, 3.63) is 0 Å². The molecule has 0 heterocycles. The molecular formula is C12H28Br10N2Si5. The van der Waals surface area contributed by atoms with Crippen molar-refractivity contribution in [2.45, 2.75) is 79.6 Å². The van der Waals surface area contributed by atoms with Crippen molar-refractivity contribution >= 4 is 176 Å². The van der Waals surface area contributed by atoms with Crippen LogP contribution in [0.3, 0.4) is 0 Å². The van der Waals surface area contributed by atoms with E-state index in [1.807, 2.05) is 0 Å². The highest BCUT2D eigenvalue weighted by molar-refractivity contribution is 9.81. The molecule has 176 valence electrons. The molecule has 17 heteroatoms. The lowest BCUT2D eigenvalue weighted by Gasteiger charge is -2.54. The standard InChI is InChI=1S/C12H28Br10N2Si5/c1-9(2)23(10(3)4)25(13,14)27(17,18)29(21,22)28(19,20)26(15,16)24(11(5)6)12(7)8/h9-12H,1-8H3. The Labute approximate surface area is 260 Å². The quantitative estimate of drug-likeness (QED) is 0.159. The van der Waals surface area contributed by atoms with Gasteiger partial charge in [-0.25, -0.2) is 0 Å². The minimum absolute atomic E-state index is 0.409. The highest BCUT2D eigenvalue weighted by Crippen LogP contribution is 2.62. The topological polar surface area (TPSA) is 6.48 Å². The number of rotatable bonds is 10. The Hall–Kier alpha value is 5.80. The minimum atomic E-state index is -2.32. The minimum Gasteiger partial charge on any atom is -0.303 e. The van der Waals surface area contributed by atoms with Gasteiger partial charge in [0, 0.05) is 0 Å². The van der Waals surface area contributed by atoms with Crippen molar-refractivity contribution in [3.63, 3.8) is 0 Å². The molecule has 0 atom stereocenters. The van der Waals surface area contributed by atoms with E-state index in [1.165, 1.54) is 0 Å². The number of halogens is 10. The van der Waals surface area contributed by atoms with Crippen molar-refractivity contribution in [1.29, 1.82) is 0 Å². The fourth-order valence-corrected chi connectivity index (χ4v) is 290. The Balaban J connectivity index is 6.62. The van der Waals surface area contributed by atoms with E-state index in [-0.39, 0.29) is 0 Å². The first-order valence-corrected chi connectivity index (χ1v) is 45.5. The van der Waals surface area contributed by atoms with Gasteiger partial charge in [-0.2, -0.15) is 0 Å². The molecule has 0 aromatic carbocycles. The Morgan fingerprint density at radius 1 is 0.379 bits per heavy atom. The maximum atomic E-state index is 4.32. The van der Waals surface area contributed by atoms with Gasteiger partial charge in [0.05, 0.1) is 0 Å². The fourth-order valence-electron chi connectivity index (χ4n) is 3.39. The second-order valence-electron chi connectivity index (χ2n) is 8.00. The van der Waals surface area contributed by atoms with Gasteiger partial charge in [-0.05, 0) is 24.2 Å². The second kappa shape index (κ2) is 12.6. The number of hydrogen-bond donors (Lipinski definition) is 0. The van der Waals surface area contributed by atoms with Crippen molar-refractivity contribution in [2.75, 3.05) is 0 Å². The summed E-state index contributed by atoms with van der Waals surface area (Å²) >= 11 is 42.8. The van der Waals surface area contributed by atoms with Gasteiger partial charge in [-0.1, -0.05) is 117 Å². The van der Waals surface area contributed by atoms with E-state index in [4.69, 9.17) is 0 Å². The van der Waals surface area contributed by atoms with Gasteiger partial charge >= 0.3 is 0 Å². The van der Waals surface area contributed by atoms with Crippen LogP contribution in [0.1, 0.15) is 55.4 Å². The normalized spacial score (nSPS) is 15.7. The van der Waals surface area contributed by atoms with Crippen molar-refractivity contribution in [2.24, 2.45) is 0 Å². The lowest BCUT2D eigenvalue weighted by atomic mass is 10.3. The highest BCUT2D eigenvalue weighted by atomic mass is 80.0. The van der Waals surface area contributed by atoms with Gasteiger partial charge in [-0.3, -0.25) is 0 Å². The molecule has 0 fully saturated rings. The van der Waals surface area contributed by atoms with Crippen molar-refractivity contribution in [3.8, 4) is 0 Å². The Kier molecular flexibility index (Phi) is 15.1. The van der Waals surface area contributed by atoms with Crippen LogP contribution in [0.25, 0.3) is 0 Å². The predicted molar refractivity (Wildman–Crippen MR) is 182 cm³/mol. The zero-order valence-electron chi connectivity index (χ0n) is 17.5. The van der Waals surface area contributed by atoms with Gasteiger partial charge in [0.2, 0.25) is 13.0 Å². The van der Waals surface area contributed by atoms with E-state index in [1.54, 1.807) is 0 Å². The summed E-state index contributed by atoms with van der Waals surface area (Å²) in [6.45, 7) is 18.1. The lowest BCUT2D eigenvalue weighted by molar-refractivity contribution is 0.313. The first-order chi connectivity index (χ1) is 12.5. The Morgan fingerprint density at radius 3 is 0.690 bits per heavy atom. The van der Waals surface area contributed by atoms with Gasteiger partial charge in [0.25, 0.3) is 9.98 Å². The molecule has 0 aromatic heterocycles. The predicted octanol–water partition coefficient (Wildman–Crippen LogP) is 9.69. The van der Waals surface area contributed by atoms with Gasteiger partial charge in [-0.15, -0.1) is 91.8 Å². The Bertz CT molecular complexity index is 497. The molecule has 0 N–H and O–H groups in total. The smallest absolute Gasteiger partial charge is 0.282 e. The SMILES string of the molecule is CC(C)N(C(C)C)[Si](Br)(Br)[Si](Br)(Br)[Si](Br)(Br)[Si](Br)(Br)[Si](Br)(Br)N(C(C)C)C(C)C. The van der Waals surface area contributed by atoms with E-state index in [9.17, 15) is 0 Å². The molecule has 0 saturated heterocycles. The summed E-state index contributed by atoms with van der Waals surface area (Å²) in [5, 5.41) is 0. The molecule has 0 unspecified atom stereocenters. The van der Waals surface area contributed by atoms with E-state index in [0.717, 1.165) is 0 Å². The van der Waals surface area contributed by atoms with Crippen LogP contribution in [-0.4, -0.2) is 56.3 Å². The zero-order chi connectivity index (χ0) is 24.0. The first kappa shape index (κ1) is 34.8. The van der Waals surface area contributed by atoms with Crippen LogP contribution in [0.2, 0.25) is 0 Å². The van der Waals surface area contributed by atoms with Gasteiger partial charge < -0.3 is 9.13 Å².